The van der Waals surface area contributed by atoms with Gasteiger partial charge >= 0.3 is 6.03 Å². The Morgan fingerprint density at radius 3 is 2.35 bits per heavy atom. The van der Waals surface area contributed by atoms with Gasteiger partial charge in [-0.2, -0.15) is 0 Å². The second-order valence-electron chi connectivity index (χ2n) is 5.61. The monoisotopic (exact) mass is 353 g/mol. The zero-order chi connectivity index (χ0) is 18.7. The first-order valence-corrected chi connectivity index (χ1v) is 7.94. The number of halogens is 1. The van der Waals surface area contributed by atoms with Crippen molar-refractivity contribution in [3.8, 4) is 0 Å². The number of nitrogens with one attached hydrogen (secondary N) is 2. The third-order valence-corrected chi connectivity index (χ3v) is 3.93. The van der Waals surface area contributed by atoms with Gasteiger partial charge in [0.05, 0.1) is 5.69 Å². The zero-order valence-electron chi connectivity index (χ0n) is 13.9. The van der Waals surface area contributed by atoms with Crippen molar-refractivity contribution in [1.82, 2.24) is 5.32 Å². The summed E-state index contributed by atoms with van der Waals surface area (Å²) in [5.41, 5.74) is 1.18. The van der Waals surface area contributed by atoms with Crippen LogP contribution in [0, 0.1) is 11.7 Å². The molecule has 4 amide bonds. The molecule has 6 nitrogen and oxygen atoms in total. The minimum Gasteiger partial charge on any atom is -0.358 e. The first-order valence-electron chi connectivity index (χ1n) is 7.94. The molecule has 26 heavy (non-hydrogen) atoms. The summed E-state index contributed by atoms with van der Waals surface area (Å²) in [5.74, 6) is -2.99. The van der Waals surface area contributed by atoms with Gasteiger partial charge in [0.2, 0.25) is 5.91 Å². The minimum atomic E-state index is -1.22. The van der Waals surface area contributed by atoms with Crippen molar-refractivity contribution in [1.29, 1.82) is 0 Å². The van der Waals surface area contributed by atoms with Crippen LogP contribution in [0.5, 0.6) is 0 Å². The summed E-state index contributed by atoms with van der Waals surface area (Å²) < 4.78 is 13.1. The van der Waals surface area contributed by atoms with E-state index in [1.807, 2.05) is 0 Å². The molecule has 1 heterocycles. The van der Waals surface area contributed by atoms with Gasteiger partial charge in [0.15, 0.2) is 5.92 Å². The highest BCUT2D eigenvalue weighted by atomic mass is 19.1. The summed E-state index contributed by atoms with van der Waals surface area (Å²) in [5, 5.41) is 5.15. The van der Waals surface area contributed by atoms with E-state index in [-0.39, 0.29) is 0 Å². The van der Waals surface area contributed by atoms with Gasteiger partial charge in [0.1, 0.15) is 5.82 Å². The molecule has 0 unspecified atom stereocenters. The van der Waals surface area contributed by atoms with Crippen LogP contribution >= 0.6 is 0 Å². The molecular weight excluding hydrogens is 337 g/mol. The highest BCUT2D eigenvalue weighted by Crippen LogP contribution is 2.25. The fraction of sp³-hybridized carbons (Fsp3) is 0.105. The van der Waals surface area contributed by atoms with E-state index in [1.54, 1.807) is 43.3 Å². The number of imide groups is 2. The van der Waals surface area contributed by atoms with E-state index in [9.17, 15) is 18.8 Å². The molecule has 2 N–H and O–H groups in total. The number of hydrogen-bond donors (Lipinski definition) is 2. The Morgan fingerprint density at radius 1 is 1.08 bits per heavy atom. The van der Waals surface area contributed by atoms with Crippen molar-refractivity contribution in [3.05, 3.63) is 72.2 Å². The van der Waals surface area contributed by atoms with Crippen molar-refractivity contribution < 1.29 is 18.8 Å². The average Bonchev–Trinajstić information content (AvgIpc) is 2.63. The fourth-order valence-corrected chi connectivity index (χ4v) is 2.68. The number of rotatable bonds is 4. The van der Waals surface area contributed by atoms with E-state index in [4.69, 9.17) is 0 Å². The van der Waals surface area contributed by atoms with Crippen molar-refractivity contribution in [3.63, 3.8) is 0 Å². The van der Waals surface area contributed by atoms with E-state index in [0.717, 1.165) is 4.90 Å². The number of carbonyl (C=O) groups excluding carboxylic acids is 3. The first-order chi connectivity index (χ1) is 12.5. The van der Waals surface area contributed by atoms with Crippen molar-refractivity contribution in [2.45, 2.75) is 6.92 Å². The number of urea groups is 1. The van der Waals surface area contributed by atoms with Crippen LogP contribution in [-0.4, -0.2) is 17.8 Å². The third-order valence-electron chi connectivity index (χ3n) is 3.93. The smallest absolute Gasteiger partial charge is 0.335 e. The number of nitrogens with zero attached hydrogens (tertiary/aromatic N) is 1. The predicted molar refractivity (Wildman–Crippen MR) is 94.7 cm³/mol. The van der Waals surface area contributed by atoms with E-state index >= 15 is 0 Å². The average molecular weight is 353 g/mol. The molecular formula is C19H16FN3O3. The van der Waals surface area contributed by atoms with Crippen LogP contribution in [0.1, 0.15) is 6.92 Å². The highest BCUT2D eigenvalue weighted by molar-refractivity contribution is 6.28. The molecule has 2 aromatic rings. The third kappa shape index (κ3) is 3.32. The SMILES string of the molecule is C/C=C(/Nc1ccc(F)cc1)[C@H]1C(=O)NC(=O)N(c2ccccc2)C1=O. The number of barbiturate groups is 1. The van der Waals surface area contributed by atoms with Gasteiger partial charge in [-0.15, -0.1) is 0 Å². The molecule has 1 atom stereocenters. The maximum absolute atomic E-state index is 13.1. The number of para-hydroxylation sites is 1. The topological polar surface area (TPSA) is 78.5 Å². The normalized spacial score (nSPS) is 17.9. The Hall–Kier alpha value is -3.48. The van der Waals surface area contributed by atoms with Gasteiger partial charge < -0.3 is 5.32 Å². The molecule has 0 saturated carbocycles. The standard InChI is InChI=1S/C19H16FN3O3/c1-2-15(21-13-10-8-12(20)9-11-13)16-17(24)22-19(26)23(18(16)25)14-6-4-3-5-7-14/h2-11,16,21H,1H3,(H,22,24,26)/b15-2+/t16-/m0/s1. The molecule has 0 radical (unpaired) electrons. The Kier molecular flexibility index (Phi) is 4.79. The van der Waals surface area contributed by atoms with Crippen LogP contribution in [0.15, 0.2) is 66.4 Å². The van der Waals surface area contributed by atoms with Crippen LogP contribution < -0.4 is 15.5 Å². The summed E-state index contributed by atoms with van der Waals surface area (Å²) in [6.07, 6.45) is 1.57. The van der Waals surface area contributed by atoms with Crippen molar-refractivity contribution in [2.24, 2.45) is 5.92 Å². The lowest BCUT2D eigenvalue weighted by molar-refractivity contribution is -0.132. The molecule has 0 aliphatic carbocycles. The highest BCUT2D eigenvalue weighted by Gasteiger charge is 2.43. The van der Waals surface area contributed by atoms with E-state index < -0.39 is 29.6 Å². The molecule has 2 aromatic carbocycles. The number of anilines is 2. The number of allylic oxidation sites excluding steroid dienone is 1. The van der Waals surface area contributed by atoms with E-state index in [1.165, 1.54) is 24.3 Å². The van der Waals surface area contributed by atoms with Crippen LogP contribution in [-0.2, 0) is 9.59 Å². The quantitative estimate of drug-likeness (QED) is 0.828. The zero-order valence-corrected chi connectivity index (χ0v) is 13.9. The number of hydrogen-bond acceptors (Lipinski definition) is 4. The maximum Gasteiger partial charge on any atom is 0.335 e. The van der Waals surface area contributed by atoms with Gasteiger partial charge in [-0.05, 0) is 43.3 Å². The first kappa shape index (κ1) is 17.3. The summed E-state index contributed by atoms with van der Waals surface area (Å²) >= 11 is 0. The molecule has 1 fully saturated rings. The molecule has 7 heteroatoms. The predicted octanol–water partition coefficient (Wildman–Crippen LogP) is 3.04. The molecule has 1 saturated heterocycles. The van der Waals surface area contributed by atoms with Crippen LogP contribution in [0.2, 0.25) is 0 Å². The maximum atomic E-state index is 13.1. The molecule has 3 rings (SSSR count). The molecule has 1 aliphatic heterocycles. The van der Waals surface area contributed by atoms with Gasteiger partial charge in [0, 0.05) is 11.4 Å². The summed E-state index contributed by atoms with van der Waals surface area (Å²) in [6, 6.07) is 13.1. The van der Waals surface area contributed by atoms with Crippen LogP contribution in [0.3, 0.4) is 0 Å². The molecule has 0 spiro atoms. The van der Waals surface area contributed by atoms with E-state index in [0.29, 0.717) is 17.1 Å². The number of benzene rings is 2. The Morgan fingerprint density at radius 2 is 1.73 bits per heavy atom. The fourth-order valence-electron chi connectivity index (χ4n) is 2.68. The van der Waals surface area contributed by atoms with Gasteiger partial charge in [-0.1, -0.05) is 24.3 Å². The molecule has 0 bridgehead atoms. The van der Waals surface area contributed by atoms with Crippen molar-refractivity contribution in [2.75, 3.05) is 10.2 Å². The lowest BCUT2D eigenvalue weighted by atomic mass is 9.99. The van der Waals surface area contributed by atoms with Crippen LogP contribution in [0.4, 0.5) is 20.6 Å². The number of carbonyl (C=O) groups is 3. The molecule has 132 valence electrons. The minimum absolute atomic E-state index is 0.299. The second kappa shape index (κ2) is 7.18. The Bertz CT molecular complexity index is 879. The van der Waals surface area contributed by atoms with Crippen LogP contribution in [0.25, 0.3) is 0 Å². The Labute approximate surface area is 149 Å². The van der Waals surface area contributed by atoms with Gasteiger partial charge in [-0.3, -0.25) is 14.9 Å². The lowest BCUT2D eigenvalue weighted by Gasteiger charge is -2.31. The molecule has 0 aromatic heterocycles. The van der Waals surface area contributed by atoms with Crippen molar-refractivity contribution >= 4 is 29.2 Å². The molecule has 1 aliphatic rings. The van der Waals surface area contributed by atoms with Gasteiger partial charge in [0.25, 0.3) is 5.91 Å². The summed E-state index contributed by atoms with van der Waals surface area (Å²) in [7, 11) is 0. The van der Waals surface area contributed by atoms with E-state index in [2.05, 4.69) is 10.6 Å². The number of amides is 4. The van der Waals surface area contributed by atoms with Gasteiger partial charge in [-0.25, -0.2) is 14.1 Å². The summed E-state index contributed by atoms with van der Waals surface area (Å²) in [6.45, 7) is 1.66. The Balaban J connectivity index is 1.91. The summed E-state index contributed by atoms with van der Waals surface area (Å²) in [4.78, 5) is 38.3. The lowest BCUT2D eigenvalue weighted by Crippen LogP contribution is -2.59. The second-order valence-corrected chi connectivity index (χ2v) is 5.61. The largest absolute Gasteiger partial charge is 0.358 e.